The molecule has 1 heterocycles. The van der Waals surface area contributed by atoms with Crippen LogP contribution in [-0.2, 0) is 18.4 Å². The van der Waals surface area contributed by atoms with Crippen LogP contribution >= 0.6 is 15.9 Å². The van der Waals surface area contributed by atoms with E-state index in [2.05, 4.69) is 20.9 Å². The molecule has 0 bridgehead atoms. The molecule has 5 nitrogen and oxygen atoms in total. The summed E-state index contributed by atoms with van der Waals surface area (Å²) in [5.74, 6) is -0.355. The van der Waals surface area contributed by atoms with Crippen molar-refractivity contribution in [2.24, 2.45) is 7.05 Å². The zero-order valence-corrected chi connectivity index (χ0v) is 15.9. The van der Waals surface area contributed by atoms with Crippen LogP contribution in [0, 0.1) is 5.82 Å². The van der Waals surface area contributed by atoms with Crippen molar-refractivity contribution < 1.29 is 13.9 Å². The van der Waals surface area contributed by atoms with Gasteiger partial charge in [-0.1, -0.05) is 18.9 Å². The minimum Gasteiger partial charge on any atom is -0.443 e. The second-order valence-electron chi connectivity index (χ2n) is 6.38. The highest BCUT2D eigenvalue weighted by Gasteiger charge is 2.25. The fourth-order valence-electron chi connectivity index (χ4n) is 3.18. The second-order valence-corrected chi connectivity index (χ2v) is 7.24. The van der Waals surface area contributed by atoms with Gasteiger partial charge < -0.3 is 14.2 Å². The molecule has 1 amide bonds. The van der Waals surface area contributed by atoms with Gasteiger partial charge in [-0.15, -0.1) is 0 Å². The third-order valence-corrected chi connectivity index (χ3v) is 5.39. The highest BCUT2D eigenvalue weighted by Crippen LogP contribution is 2.27. The van der Waals surface area contributed by atoms with E-state index in [0.29, 0.717) is 15.7 Å². The Hall–Kier alpha value is -1.89. The maximum absolute atomic E-state index is 13.8. The number of halogens is 2. The van der Waals surface area contributed by atoms with Gasteiger partial charge in [-0.05, 0) is 40.9 Å². The molecule has 134 valence electrons. The lowest BCUT2D eigenvalue weighted by atomic mass is 10.1. The van der Waals surface area contributed by atoms with Crippen LogP contribution in [0.1, 0.15) is 31.4 Å². The molecule has 1 saturated carbocycles. The first-order valence-electron chi connectivity index (χ1n) is 8.32. The van der Waals surface area contributed by atoms with Gasteiger partial charge >= 0.3 is 6.09 Å². The summed E-state index contributed by atoms with van der Waals surface area (Å²) in [6.07, 6.45) is 5.67. The predicted octanol–water partition coefficient (Wildman–Crippen LogP) is 4.50. The molecule has 25 heavy (non-hydrogen) atoms. The van der Waals surface area contributed by atoms with Gasteiger partial charge in [0.2, 0.25) is 0 Å². The van der Waals surface area contributed by atoms with E-state index >= 15 is 0 Å². The second kappa shape index (κ2) is 7.56. The fraction of sp³-hybridized carbons (Fsp3) is 0.444. The van der Waals surface area contributed by atoms with E-state index in [0.717, 1.165) is 31.4 Å². The number of benzene rings is 1. The number of hydrogen-bond acceptors (Lipinski definition) is 3. The fourth-order valence-corrected chi connectivity index (χ4v) is 3.43. The van der Waals surface area contributed by atoms with Crippen molar-refractivity contribution in [1.29, 1.82) is 0 Å². The average molecular weight is 410 g/mol. The standard InChI is InChI=1S/C18H21BrFN3O2/c1-22-11-21-17(12-7-8-14(19)15(20)9-12)16(22)10-25-18(24)23(2)13-5-3-4-6-13/h7-9,11,13H,3-6,10H2,1-2H3. The molecular formula is C18H21BrFN3O2. The predicted molar refractivity (Wildman–Crippen MR) is 96.5 cm³/mol. The molecule has 0 spiro atoms. The van der Waals surface area contributed by atoms with Gasteiger partial charge in [0.15, 0.2) is 0 Å². The summed E-state index contributed by atoms with van der Waals surface area (Å²) in [6.45, 7) is 0.0966. The zero-order chi connectivity index (χ0) is 18.0. The smallest absolute Gasteiger partial charge is 0.410 e. The Bertz CT molecular complexity index is 772. The molecule has 1 aliphatic carbocycles. The topological polar surface area (TPSA) is 47.4 Å². The quantitative estimate of drug-likeness (QED) is 0.746. The highest BCUT2D eigenvalue weighted by molar-refractivity contribution is 9.10. The number of imidazole rings is 1. The third-order valence-electron chi connectivity index (χ3n) is 4.74. The van der Waals surface area contributed by atoms with E-state index in [1.807, 2.05) is 7.05 Å². The SMILES string of the molecule is CN(C(=O)OCc1c(-c2ccc(Br)c(F)c2)ncn1C)C1CCCC1. The van der Waals surface area contributed by atoms with Crippen molar-refractivity contribution in [2.75, 3.05) is 7.05 Å². The zero-order valence-electron chi connectivity index (χ0n) is 14.3. The van der Waals surface area contributed by atoms with Gasteiger partial charge in [0.05, 0.1) is 22.2 Å². The van der Waals surface area contributed by atoms with E-state index in [-0.39, 0.29) is 24.6 Å². The molecule has 0 aliphatic heterocycles. The largest absolute Gasteiger partial charge is 0.443 e. The summed E-state index contributed by atoms with van der Waals surface area (Å²) < 4.78 is 21.5. The van der Waals surface area contributed by atoms with Crippen LogP contribution in [0.2, 0.25) is 0 Å². The summed E-state index contributed by atoms with van der Waals surface area (Å²) in [4.78, 5) is 18.3. The van der Waals surface area contributed by atoms with E-state index in [9.17, 15) is 9.18 Å². The van der Waals surface area contributed by atoms with Crippen LogP contribution in [-0.4, -0.2) is 33.6 Å². The summed E-state index contributed by atoms with van der Waals surface area (Å²) in [5, 5.41) is 0. The number of ether oxygens (including phenoxy) is 1. The molecule has 0 unspecified atom stereocenters. The Labute approximate surface area is 154 Å². The van der Waals surface area contributed by atoms with Crippen LogP contribution in [0.5, 0.6) is 0 Å². The Morgan fingerprint density at radius 2 is 2.16 bits per heavy atom. The van der Waals surface area contributed by atoms with E-state index < -0.39 is 0 Å². The van der Waals surface area contributed by atoms with Gasteiger partial charge in [-0.3, -0.25) is 0 Å². The number of rotatable bonds is 4. The van der Waals surface area contributed by atoms with Gasteiger partial charge in [0.25, 0.3) is 0 Å². The number of carbonyl (C=O) groups is 1. The molecule has 0 saturated heterocycles. The average Bonchev–Trinajstić information content (AvgIpc) is 3.24. The minimum absolute atomic E-state index is 0.0966. The van der Waals surface area contributed by atoms with Gasteiger partial charge in [0.1, 0.15) is 12.4 Å². The van der Waals surface area contributed by atoms with E-state index in [1.165, 1.54) is 6.07 Å². The van der Waals surface area contributed by atoms with Crippen LogP contribution < -0.4 is 0 Å². The van der Waals surface area contributed by atoms with Crippen LogP contribution in [0.4, 0.5) is 9.18 Å². The Kier molecular flexibility index (Phi) is 5.42. The number of nitrogens with zero attached hydrogens (tertiary/aromatic N) is 3. The van der Waals surface area contributed by atoms with Gasteiger partial charge in [-0.25, -0.2) is 14.2 Å². The lowest BCUT2D eigenvalue weighted by Gasteiger charge is -2.23. The molecule has 2 aromatic rings. The van der Waals surface area contributed by atoms with Crippen molar-refractivity contribution in [1.82, 2.24) is 14.5 Å². The number of carbonyl (C=O) groups excluding carboxylic acids is 1. The van der Waals surface area contributed by atoms with Crippen LogP contribution in [0.3, 0.4) is 0 Å². The molecule has 1 aromatic carbocycles. The summed E-state index contributed by atoms with van der Waals surface area (Å²) >= 11 is 3.15. The number of amides is 1. The maximum atomic E-state index is 13.8. The number of hydrogen-bond donors (Lipinski definition) is 0. The van der Waals surface area contributed by atoms with Crippen molar-refractivity contribution in [3.63, 3.8) is 0 Å². The van der Waals surface area contributed by atoms with Crippen molar-refractivity contribution in [2.45, 2.75) is 38.3 Å². The third kappa shape index (κ3) is 3.86. The monoisotopic (exact) mass is 409 g/mol. The lowest BCUT2D eigenvalue weighted by molar-refractivity contribution is 0.0902. The first kappa shape index (κ1) is 17.9. The molecule has 0 N–H and O–H groups in total. The molecule has 3 rings (SSSR count). The van der Waals surface area contributed by atoms with E-state index in [4.69, 9.17) is 4.74 Å². The molecule has 0 atom stereocenters. The van der Waals surface area contributed by atoms with Crippen molar-refractivity contribution >= 4 is 22.0 Å². The molecule has 0 radical (unpaired) electrons. The maximum Gasteiger partial charge on any atom is 0.410 e. The Morgan fingerprint density at radius 1 is 1.44 bits per heavy atom. The summed E-state index contributed by atoms with van der Waals surface area (Å²) in [5.41, 5.74) is 2.00. The summed E-state index contributed by atoms with van der Waals surface area (Å²) in [6, 6.07) is 5.11. The minimum atomic E-state index is -0.355. The van der Waals surface area contributed by atoms with Crippen LogP contribution in [0.15, 0.2) is 29.0 Å². The van der Waals surface area contributed by atoms with Gasteiger partial charge in [-0.2, -0.15) is 0 Å². The van der Waals surface area contributed by atoms with Crippen molar-refractivity contribution in [3.05, 3.63) is 40.5 Å². The first-order chi connectivity index (χ1) is 12.0. The molecule has 1 aromatic heterocycles. The lowest BCUT2D eigenvalue weighted by Crippen LogP contribution is -2.35. The normalized spacial score (nSPS) is 14.7. The van der Waals surface area contributed by atoms with Gasteiger partial charge in [0, 0.05) is 25.7 Å². The number of aromatic nitrogens is 2. The molecule has 1 aliphatic rings. The van der Waals surface area contributed by atoms with Crippen molar-refractivity contribution in [3.8, 4) is 11.3 Å². The Morgan fingerprint density at radius 3 is 2.84 bits per heavy atom. The first-order valence-corrected chi connectivity index (χ1v) is 9.12. The van der Waals surface area contributed by atoms with Crippen LogP contribution in [0.25, 0.3) is 11.3 Å². The highest BCUT2D eigenvalue weighted by atomic mass is 79.9. The number of aryl methyl sites for hydroxylation is 1. The van der Waals surface area contributed by atoms with E-state index in [1.54, 1.807) is 35.0 Å². The molecule has 7 heteroatoms. The summed E-state index contributed by atoms with van der Waals surface area (Å²) in [7, 11) is 3.61. The Balaban J connectivity index is 1.73. The molecular weight excluding hydrogens is 389 g/mol. The molecule has 1 fully saturated rings.